The van der Waals surface area contributed by atoms with Crippen molar-refractivity contribution in [2.24, 2.45) is 11.3 Å². The highest BCUT2D eigenvalue weighted by Crippen LogP contribution is 2.25. The van der Waals surface area contributed by atoms with E-state index in [1.807, 2.05) is 6.92 Å². The van der Waals surface area contributed by atoms with Crippen LogP contribution in [0.3, 0.4) is 0 Å². The molecule has 1 atom stereocenters. The maximum atomic E-state index is 12.0. The molecule has 0 aliphatic carbocycles. The average Bonchev–Trinajstić information content (AvgIpc) is 2.25. The topological polar surface area (TPSA) is 59.1 Å². The first-order valence-corrected chi connectivity index (χ1v) is 7.61. The molecule has 0 aromatic carbocycles. The van der Waals surface area contributed by atoms with Crippen molar-refractivity contribution in [1.82, 2.24) is 9.71 Å². The SMILES string of the molecule is CC(CNS(=O)(=O)c1cccnc1Cl)C(C)(C)C. The second-order valence-corrected chi connectivity index (χ2v) is 7.50. The number of nitrogens with one attached hydrogen (secondary N) is 1. The second-order valence-electron chi connectivity index (χ2n) is 5.41. The third-order valence-electron chi connectivity index (χ3n) is 3.07. The van der Waals surface area contributed by atoms with Gasteiger partial charge in [0, 0.05) is 12.7 Å². The lowest BCUT2D eigenvalue weighted by Crippen LogP contribution is -2.33. The maximum absolute atomic E-state index is 12.0. The minimum absolute atomic E-state index is 0.00610. The number of sulfonamides is 1. The molecule has 0 radical (unpaired) electrons. The summed E-state index contributed by atoms with van der Waals surface area (Å²) in [5.41, 5.74) is 0.0429. The molecule has 1 aromatic heterocycles. The van der Waals surface area contributed by atoms with E-state index in [0.29, 0.717) is 6.54 Å². The first-order valence-electron chi connectivity index (χ1n) is 5.75. The highest BCUT2D eigenvalue weighted by Gasteiger charge is 2.24. The van der Waals surface area contributed by atoms with E-state index in [-0.39, 0.29) is 21.4 Å². The summed E-state index contributed by atoms with van der Waals surface area (Å²) in [6, 6.07) is 2.99. The molecular weight excluding hydrogens is 272 g/mol. The molecule has 0 amide bonds. The van der Waals surface area contributed by atoms with Gasteiger partial charge in [0.25, 0.3) is 0 Å². The molecular formula is C12H19ClN2O2S. The van der Waals surface area contributed by atoms with Gasteiger partial charge in [-0.15, -0.1) is 0 Å². The van der Waals surface area contributed by atoms with Crippen molar-refractivity contribution in [2.45, 2.75) is 32.6 Å². The van der Waals surface area contributed by atoms with E-state index in [0.717, 1.165) is 0 Å². The van der Waals surface area contributed by atoms with Gasteiger partial charge in [0.15, 0.2) is 0 Å². The summed E-state index contributed by atoms with van der Waals surface area (Å²) in [5.74, 6) is 0.211. The number of rotatable bonds is 4. The van der Waals surface area contributed by atoms with Crippen molar-refractivity contribution in [3.05, 3.63) is 23.5 Å². The van der Waals surface area contributed by atoms with E-state index in [2.05, 4.69) is 30.5 Å². The van der Waals surface area contributed by atoms with Crippen LogP contribution in [0.15, 0.2) is 23.2 Å². The molecule has 0 aliphatic rings. The monoisotopic (exact) mass is 290 g/mol. The molecule has 1 heterocycles. The third-order valence-corrected chi connectivity index (χ3v) is 4.94. The van der Waals surface area contributed by atoms with Crippen molar-refractivity contribution in [3.8, 4) is 0 Å². The molecule has 1 aromatic rings. The zero-order valence-corrected chi connectivity index (χ0v) is 12.6. The minimum Gasteiger partial charge on any atom is -0.243 e. The zero-order chi connectivity index (χ0) is 14.0. The predicted molar refractivity (Wildman–Crippen MR) is 73.1 cm³/mol. The second kappa shape index (κ2) is 5.55. The number of nitrogens with zero attached hydrogens (tertiary/aromatic N) is 1. The quantitative estimate of drug-likeness (QED) is 0.867. The van der Waals surface area contributed by atoms with Crippen molar-refractivity contribution < 1.29 is 8.42 Å². The van der Waals surface area contributed by atoms with Gasteiger partial charge in [0.2, 0.25) is 10.0 Å². The summed E-state index contributed by atoms with van der Waals surface area (Å²) >= 11 is 5.78. The lowest BCUT2D eigenvalue weighted by Gasteiger charge is -2.27. The number of hydrogen-bond acceptors (Lipinski definition) is 3. The van der Waals surface area contributed by atoms with Crippen LogP contribution >= 0.6 is 11.6 Å². The van der Waals surface area contributed by atoms with Gasteiger partial charge in [0.1, 0.15) is 10.0 Å². The van der Waals surface area contributed by atoms with Gasteiger partial charge in [-0.1, -0.05) is 39.3 Å². The standard InChI is InChI=1S/C12H19ClN2O2S/c1-9(12(2,3)4)8-15-18(16,17)10-6-5-7-14-11(10)13/h5-7,9,15H,8H2,1-4H3. The van der Waals surface area contributed by atoms with Crippen LogP contribution in [0.5, 0.6) is 0 Å². The molecule has 1 rings (SSSR count). The molecule has 1 unspecified atom stereocenters. The van der Waals surface area contributed by atoms with E-state index >= 15 is 0 Å². The first kappa shape index (κ1) is 15.4. The third kappa shape index (κ3) is 3.93. The molecule has 102 valence electrons. The Morgan fingerprint density at radius 1 is 1.44 bits per heavy atom. The first-order chi connectivity index (χ1) is 8.14. The lowest BCUT2D eigenvalue weighted by molar-refractivity contribution is 0.263. The fourth-order valence-electron chi connectivity index (χ4n) is 1.19. The molecule has 0 fully saturated rings. The van der Waals surface area contributed by atoms with Crippen LogP contribution in [-0.4, -0.2) is 19.9 Å². The van der Waals surface area contributed by atoms with Crippen LogP contribution < -0.4 is 4.72 Å². The van der Waals surface area contributed by atoms with Gasteiger partial charge in [-0.05, 0) is 23.5 Å². The van der Waals surface area contributed by atoms with E-state index in [1.165, 1.54) is 12.3 Å². The number of hydrogen-bond donors (Lipinski definition) is 1. The van der Waals surface area contributed by atoms with Gasteiger partial charge < -0.3 is 0 Å². The van der Waals surface area contributed by atoms with Crippen molar-refractivity contribution in [3.63, 3.8) is 0 Å². The number of pyridine rings is 1. The highest BCUT2D eigenvalue weighted by atomic mass is 35.5. The molecule has 0 aliphatic heterocycles. The Hall–Kier alpha value is -0.650. The Labute approximate surface area is 114 Å². The summed E-state index contributed by atoms with van der Waals surface area (Å²) < 4.78 is 26.7. The van der Waals surface area contributed by atoms with Crippen LogP contribution in [0.1, 0.15) is 27.7 Å². The maximum Gasteiger partial charge on any atom is 0.243 e. The molecule has 0 saturated carbocycles. The Balaban J connectivity index is 2.82. The normalized spacial score (nSPS) is 14.5. The predicted octanol–water partition coefficient (Wildman–Crippen LogP) is 2.70. The van der Waals surface area contributed by atoms with Crippen LogP contribution in [0, 0.1) is 11.3 Å². The smallest absolute Gasteiger partial charge is 0.243 e. The Morgan fingerprint density at radius 2 is 2.06 bits per heavy atom. The van der Waals surface area contributed by atoms with Crippen LogP contribution in [-0.2, 0) is 10.0 Å². The molecule has 0 bridgehead atoms. The van der Waals surface area contributed by atoms with E-state index < -0.39 is 10.0 Å². The Kier molecular flexibility index (Phi) is 4.75. The van der Waals surface area contributed by atoms with Gasteiger partial charge in [-0.2, -0.15) is 0 Å². The molecule has 6 heteroatoms. The van der Waals surface area contributed by atoms with Gasteiger partial charge in [-0.3, -0.25) is 0 Å². The Bertz CT molecular complexity index is 509. The van der Waals surface area contributed by atoms with E-state index in [9.17, 15) is 8.42 Å². The molecule has 0 spiro atoms. The van der Waals surface area contributed by atoms with E-state index in [4.69, 9.17) is 11.6 Å². The van der Waals surface area contributed by atoms with Crippen LogP contribution in [0.4, 0.5) is 0 Å². The molecule has 4 nitrogen and oxygen atoms in total. The summed E-state index contributed by atoms with van der Waals surface area (Å²) in [6.45, 7) is 8.60. The Morgan fingerprint density at radius 3 is 2.56 bits per heavy atom. The number of aromatic nitrogens is 1. The van der Waals surface area contributed by atoms with Crippen molar-refractivity contribution in [1.29, 1.82) is 0 Å². The fourth-order valence-corrected chi connectivity index (χ4v) is 2.77. The van der Waals surface area contributed by atoms with Crippen LogP contribution in [0.25, 0.3) is 0 Å². The lowest BCUT2D eigenvalue weighted by atomic mass is 9.82. The summed E-state index contributed by atoms with van der Waals surface area (Å²) in [5, 5.41) is -0.00610. The van der Waals surface area contributed by atoms with Gasteiger partial charge >= 0.3 is 0 Å². The molecule has 1 N–H and O–H groups in total. The van der Waals surface area contributed by atoms with Crippen molar-refractivity contribution in [2.75, 3.05) is 6.54 Å². The van der Waals surface area contributed by atoms with Crippen molar-refractivity contribution >= 4 is 21.6 Å². The van der Waals surface area contributed by atoms with Crippen LogP contribution in [0.2, 0.25) is 5.15 Å². The largest absolute Gasteiger partial charge is 0.243 e. The van der Waals surface area contributed by atoms with Gasteiger partial charge in [-0.25, -0.2) is 18.1 Å². The zero-order valence-electron chi connectivity index (χ0n) is 11.1. The molecule has 0 saturated heterocycles. The average molecular weight is 291 g/mol. The highest BCUT2D eigenvalue weighted by molar-refractivity contribution is 7.89. The fraction of sp³-hybridized carbons (Fsp3) is 0.583. The molecule has 18 heavy (non-hydrogen) atoms. The summed E-state index contributed by atoms with van der Waals surface area (Å²) in [6.07, 6.45) is 1.46. The summed E-state index contributed by atoms with van der Waals surface area (Å²) in [4.78, 5) is 3.79. The summed E-state index contributed by atoms with van der Waals surface area (Å²) in [7, 11) is -3.59. The number of halogens is 1. The van der Waals surface area contributed by atoms with E-state index in [1.54, 1.807) is 6.07 Å². The van der Waals surface area contributed by atoms with Gasteiger partial charge in [0.05, 0.1) is 0 Å². The minimum atomic E-state index is -3.59.